The number of aromatic hydroxyl groups is 2. The van der Waals surface area contributed by atoms with E-state index in [2.05, 4.69) is 17.1 Å². The summed E-state index contributed by atoms with van der Waals surface area (Å²) in [4.78, 5) is 0. The lowest BCUT2D eigenvalue weighted by molar-refractivity contribution is 0.475. The third-order valence-electron chi connectivity index (χ3n) is 5.21. The molecule has 1 heterocycles. The molecule has 0 unspecified atom stereocenters. The topological polar surface area (TPSA) is 65.2 Å². The predicted molar refractivity (Wildman–Crippen MR) is 94.7 cm³/mol. The molecule has 0 saturated heterocycles. The molecule has 4 nitrogen and oxygen atoms in total. The molecule has 0 atom stereocenters. The van der Waals surface area contributed by atoms with Crippen molar-refractivity contribution in [1.29, 1.82) is 0 Å². The third kappa shape index (κ3) is 2.21. The smallest absolute Gasteiger partial charge is 0.115 e. The van der Waals surface area contributed by atoms with E-state index in [4.69, 9.17) is 0 Å². The van der Waals surface area contributed by atoms with Gasteiger partial charge >= 0.3 is 0 Å². The molecule has 0 spiro atoms. The number of hydrogen-bond acceptors (Lipinski definition) is 4. The van der Waals surface area contributed by atoms with E-state index in [0.717, 1.165) is 29.0 Å². The minimum atomic E-state index is -0.187. The first-order valence-electron chi connectivity index (χ1n) is 8.40. The van der Waals surface area contributed by atoms with Gasteiger partial charge in [-0.05, 0) is 84.8 Å². The van der Waals surface area contributed by atoms with Gasteiger partial charge in [0.1, 0.15) is 11.5 Å². The van der Waals surface area contributed by atoms with Crippen LogP contribution >= 0.6 is 0 Å². The van der Waals surface area contributed by atoms with Crippen molar-refractivity contribution in [3.63, 3.8) is 0 Å². The lowest BCUT2D eigenvalue weighted by atomic mass is 9.68. The van der Waals surface area contributed by atoms with E-state index >= 15 is 0 Å². The lowest BCUT2D eigenvalue weighted by Gasteiger charge is -2.32. The summed E-state index contributed by atoms with van der Waals surface area (Å²) >= 11 is 0. The largest absolute Gasteiger partial charge is 0.508 e. The Bertz CT molecular complexity index is 754. The highest BCUT2D eigenvalue weighted by Crippen LogP contribution is 2.53. The van der Waals surface area contributed by atoms with E-state index < -0.39 is 0 Å². The second-order valence-electron chi connectivity index (χ2n) is 6.59. The average Bonchev–Trinajstić information content (AvgIpc) is 3.38. The van der Waals surface area contributed by atoms with Crippen molar-refractivity contribution in [3.05, 3.63) is 59.7 Å². The van der Waals surface area contributed by atoms with Gasteiger partial charge in [0.15, 0.2) is 0 Å². The third-order valence-corrected chi connectivity index (χ3v) is 5.21. The maximum Gasteiger partial charge on any atom is 0.115 e. The molecule has 0 radical (unpaired) electrons. The number of hydrogen-bond donors (Lipinski definition) is 2. The molecular weight excluding hydrogens is 300 g/mol. The van der Waals surface area contributed by atoms with Gasteiger partial charge in [0.2, 0.25) is 0 Å². The summed E-state index contributed by atoms with van der Waals surface area (Å²) in [7, 11) is 0. The van der Waals surface area contributed by atoms with Gasteiger partial charge in [0.25, 0.3) is 0 Å². The SMILES string of the molecule is CCC1(C2CC2)C(c2ccc(O)cc2)=NN=C1c1ccc(O)cc1. The van der Waals surface area contributed by atoms with Crippen LogP contribution in [-0.4, -0.2) is 21.6 Å². The first-order chi connectivity index (χ1) is 11.6. The van der Waals surface area contributed by atoms with Crippen molar-refractivity contribution in [2.24, 2.45) is 21.5 Å². The number of benzene rings is 2. The van der Waals surface area contributed by atoms with Crippen molar-refractivity contribution in [2.75, 3.05) is 0 Å². The van der Waals surface area contributed by atoms with Crippen LogP contribution < -0.4 is 0 Å². The van der Waals surface area contributed by atoms with Crippen LogP contribution in [0.2, 0.25) is 0 Å². The van der Waals surface area contributed by atoms with E-state index in [1.165, 1.54) is 12.8 Å². The van der Waals surface area contributed by atoms with E-state index in [0.29, 0.717) is 5.92 Å². The van der Waals surface area contributed by atoms with Crippen molar-refractivity contribution < 1.29 is 10.2 Å². The summed E-state index contributed by atoms with van der Waals surface area (Å²) in [5.74, 6) is 1.06. The zero-order valence-electron chi connectivity index (χ0n) is 13.6. The van der Waals surface area contributed by atoms with Crippen LogP contribution in [0, 0.1) is 11.3 Å². The molecular formula is C20H20N2O2. The van der Waals surface area contributed by atoms with Crippen molar-refractivity contribution in [1.82, 2.24) is 0 Å². The quantitative estimate of drug-likeness (QED) is 0.890. The molecule has 2 aliphatic rings. The fourth-order valence-corrected chi connectivity index (χ4v) is 3.85. The van der Waals surface area contributed by atoms with Gasteiger partial charge in [-0.2, -0.15) is 10.2 Å². The Labute approximate surface area is 141 Å². The first kappa shape index (κ1) is 14.9. The molecule has 0 amide bonds. The van der Waals surface area contributed by atoms with Gasteiger partial charge in [-0.15, -0.1) is 0 Å². The molecule has 0 bridgehead atoms. The summed E-state index contributed by atoms with van der Waals surface area (Å²) in [5, 5.41) is 28.3. The van der Waals surface area contributed by atoms with Crippen molar-refractivity contribution in [3.8, 4) is 11.5 Å². The molecule has 1 fully saturated rings. The fraction of sp³-hybridized carbons (Fsp3) is 0.300. The first-order valence-corrected chi connectivity index (χ1v) is 8.40. The van der Waals surface area contributed by atoms with Crippen LogP contribution in [0.25, 0.3) is 0 Å². The summed E-state index contributed by atoms with van der Waals surface area (Å²) in [6, 6.07) is 14.4. The highest BCUT2D eigenvalue weighted by atomic mass is 16.3. The Kier molecular flexibility index (Phi) is 3.41. The average molecular weight is 320 g/mol. The Morgan fingerprint density at radius 2 is 1.25 bits per heavy atom. The van der Waals surface area contributed by atoms with Gasteiger partial charge in [0, 0.05) is 0 Å². The standard InChI is InChI=1S/C20H20N2O2/c1-2-20(15-7-8-15)18(13-3-9-16(23)10-4-13)21-22-19(20)14-5-11-17(24)12-6-14/h3-6,9-12,15,23-24H,2,7-8H2,1H3. The normalized spacial score (nSPS) is 19.0. The van der Waals surface area contributed by atoms with Gasteiger partial charge in [-0.3, -0.25) is 0 Å². The second-order valence-corrected chi connectivity index (χ2v) is 6.59. The Morgan fingerprint density at radius 3 is 1.58 bits per heavy atom. The van der Waals surface area contributed by atoms with Gasteiger partial charge in [0.05, 0.1) is 16.8 Å². The summed E-state index contributed by atoms with van der Waals surface area (Å²) in [5.41, 5.74) is 3.83. The van der Waals surface area contributed by atoms with E-state index in [9.17, 15) is 10.2 Å². The highest BCUT2D eigenvalue weighted by molar-refractivity contribution is 6.26. The number of phenols is 2. The molecule has 2 aromatic carbocycles. The van der Waals surface area contributed by atoms with E-state index in [1.807, 2.05) is 24.3 Å². The van der Waals surface area contributed by atoms with Crippen LogP contribution in [-0.2, 0) is 0 Å². The molecule has 1 aliphatic carbocycles. The molecule has 1 saturated carbocycles. The monoisotopic (exact) mass is 320 g/mol. The zero-order chi connectivity index (χ0) is 16.7. The second kappa shape index (κ2) is 5.48. The molecule has 122 valence electrons. The number of nitrogens with zero attached hydrogens (tertiary/aromatic N) is 2. The fourth-order valence-electron chi connectivity index (χ4n) is 3.85. The van der Waals surface area contributed by atoms with E-state index in [-0.39, 0.29) is 16.9 Å². The van der Waals surface area contributed by atoms with Gasteiger partial charge in [-0.25, -0.2) is 0 Å². The molecule has 0 aromatic heterocycles. The van der Waals surface area contributed by atoms with Crippen molar-refractivity contribution in [2.45, 2.75) is 26.2 Å². The molecule has 4 heteroatoms. The lowest BCUT2D eigenvalue weighted by Crippen LogP contribution is -2.39. The Morgan fingerprint density at radius 1 is 0.833 bits per heavy atom. The minimum Gasteiger partial charge on any atom is -0.508 e. The molecule has 1 aliphatic heterocycles. The highest BCUT2D eigenvalue weighted by Gasteiger charge is 2.54. The molecule has 24 heavy (non-hydrogen) atoms. The van der Waals surface area contributed by atoms with Crippen LogP contribution in [0.1, 0.15) is 37.3 Å². The van der Waals surface area contributed by atoms with Crippen LogP contribution in [0.3, 0.4) is 0 Å². The van der Waals surface area contributed by atoms with Crippen LogP contribution in [0.4, 0.5) is 0 Å². The zero-order valence-corrected chi connectivity index (χ0v) is 13.6. The van der Waals surface area contributed by atoms with Gasteiger partial charge < -0.3 is 10.2 Å². The van der Waals surface area contributed by atoms with Crippen LogP contribution in [0.5, 0.6) is 11.5 Å². The number of rotatable bonds is 4. The van der Waals surface area contributed by atoms with Crippen molar-refractivity contribution >= 4 is 11.4 Å². The van der Waals surface area contributed by atoms with E-state index in [1.54, 1.807) is 24.3 Å². The Hall–Kier alpha value is -2.62. The van der Waals surface area contributed by atoms with Gasteiger partial charge in [-0.1, -0.05) is 6.92 Å². The summed E-state index contributed by atoms with van der Waals surface area (Å²) < 4.78 is 0. The Balaban J connectivity index is 1.80. The number of phenolic OH excluding ortho intramolecular Hbond substituents is 2. The molecule has 2 N–H and O–H groups in total. The molecule has 4 rings (SSSR count). The maximum absolute atomic E-state index is 9.57. The summed E-state index contributed by atoms with van der Waals surface area (Å²) in [6.45, 7) is 2.19. The minimum absolute atomic E-state index is 0.187. The predicted octanol–water partition coefficient (Wildman–Crippen LogP) is 4.11. The molecule has 2 aromatic rings. The summed E-state index contributed by atoms with van der Waals surface area (Å²) in [6.07, 6.45) is 3.29. The maximum atomic E-state index is 9.57. The van der Waals surface area contributed by atoms with Crippen LogP contribution in [0.15, 0.2) is 58.7 Å².